The Kier molecular flexibility index (Phi) is 10.8. The third kappa shape index (κ3) is 8.76. The maximum absolute atomic E-state index is 12.6. The standard InChI is InChI=1S/C32H38O2/c1-3-5-7-9-11-27-18-22-30(23-19-27)32(33)34-31-24-20-29(21-25-31)17-16-28-14-12-26(13-15-28)10-8-6-4-2/h12-15,20-21,24-25,27,30H,3-7,9,11,18-19,22-23H2,1-2H3/t27-,30-. The zero-order chi connectivity index (χ0) is 24.0. The molecule has 1 fully saturated rings. The van der Waals surface area contributed by atoms with Gasteiger partial charge in [-0.1, -0.05) is 69.6 Å². The van der Waals surface area contributed by atoms with Gasteiger partial charge in [-0.25, -0.2) is 0 Å². The number of hydrogen-bond donors (Lipinski definition) is 0. The van der Waals surface area contributed by atoms with E-state index >= 15 is 0 Å². The van der Waals surface area contributed by atoms with Crippen molar-refractivity contribution in [2.24, 2.45) is 11.8 Å². The van der Waals surface area contributed by atoms with E-state index in [-0.39, 0.29) is 11.9 Å². The van der Waals surface area contributed by atoms with Gasteiger partial charge >= 0.3 is 5.97 Å². The molecule has 0 saturated heterocycles. The zero-order valence-corrected chi connectivity index (χ0v) is 20.9. The lowest BCUT2D eigenvalue weighted by Crippen LogP contribution is -2.25. The molecule has 0 N–H and O–H groups in total. The Balaban J connectivity index is 1.45. The average Bonchev–Trinajstić information content (AvgIpc) is 2.87. The smallest absolute Gasteiger partial charge is 0.314 e. The molecular weight excluding hydrogens is 416 g/mol. The molecule has 1 aliphatic carbocycles. The van der Waals surface area contributed by atoms with Gasteiger partial charge in [0.15, 0.2) is 0 Å². The van der Waals surface area contributed by atoms with Gasteiger partial charge in [-0.15, -0.1) is 0 Å². The SMILES string of the molecule is CCCC#Cc1ccc(C#Cc2ccc(OC(=O)[C@H]3CC[C@H](CCCCCC)CC3)cc2)cc1. The Hall–Kier alpha value is -2.97. The van der Waals surface area contributed by atoms with Gasteiger partial charge in [0.05, 0.1) is 5.92 Å². The van der Waals surface area contributed by atoms with Crippen molar-refractivity contribution in [3.63, 3.8) is 0 Å². The highest BCUT2D eigenvalue weighted by atomic mass is 16.5. The molecule has 2 nitrogen and oxygen atoms in total. The van der Waals surface area contributed by atoms with Crippen LogP contribution in [0.2, 0.25) is 0 Å². The number of carbonyl (C=O) groups excluding carboxylic acids is 1. The van der Waals surface area contributed by atoms with Gasteiger partial charge in [0.25, 0.3) is 0 Å². The lowest BCUT2D eigenvalue weighted by molar-refractivity contribution is -0.140. The van der Waals surface area contributed by atoms with E-state index in [0.717, 1.165) is 61.1 Å². The summed E-state index contributed by atoms with van der Waals surface area (Å²) in [5, 5.41) is 0. The quantitative estimate of drug-likeness (QED) is 0.175. The van der Waals surface area contributed by atoms with Crippen LogP contribution in [0.1, 0.15) is 101 Å². The highest BCUT2D eigenvalue weighted by molar-refractivity contribution is 5.75. The molecule has 34 heavy (non-hydrogen) atoms. The van der Waals surface area contributed by atoms with Crippen LogP contribution in [0.3, 0.4) is 0 Å². The van der Waals surface area contributed by atoms with Gasteiger partial charge in [0.1, 0.15) is 5.75 Å². The van der Waals surface area contributed by atoms with Crippen LogP contribution in [0.15, 0.2) is 48.5 Å². The van der Waals surface area contributed by atoms with E-state index in [1.807, 2.05) is 48.5 Å². The van der Waals surface area contributed by atoms with Crippen LogP contribution in [0.25, 0.3) is 0 Å². The predicted molar refractivity (Wildman–Crippen MR) is 140 cm³/mol. The molecule has 0 aromatic heterocycles. The lowest BCUT2D eigenvalue weighted by atomic mass is 9.80. The minimum absolute atomic E-state index is 0.0426. The molecule has 0 amide bonds. The summed E-state index contributed by atoms with van der Waals surface area (Å²) in [6.45, 7) is 4.38. The molecule has 0 aliphatic heterocycles. The van der Waals surface area contributed by atoms with Crippen molar-refractivity contribution in [2.75, 3.05) is 0 Å². The van der Waals surface area contributed by atoms with Gasteiger partial charge in [0.2, 0.25) is 0 Å². The molecule has 0 atom stereocenters. The molecule has 0 unspecified atom stereocenters. The van der Waals surface area contributed by atoms with Crippen LogP contribution in [0.5, 0.6) is 5.75 Å². The first-order valence-electron chi connectivity index (χ1n) is 13.1. The molecule has 1 saturated carbocycles. The summed E-state index contributed by atoms with van der Waals surface area (Å²) in [6, 6.07) is 15.5. The molecule has 2 aromatic carbocycles. The van der Waals surface area contributed by atoms with E-state index in [2.05, 4.69) is 37.5 Å². The summed E-state index contributed by atoms with van der Waals surface area (Å²) in [5.74, 6) is 14.1. The van der Waals surface area contributed by atoms with Crippen molar-refractivity contribution in [1.82, 2.24) is 0 Å². The molecular formula is C32H38O2. The summed E-state index contributed by atoms with van der Waals surface area (Å²) >= 11 is 0. The van der Waals surface area contributed by atoms with Crippen molar-refractivity contribution >= 4 is 5.97 Å². The summed E-state index contributed by atoms with van der Waals surface area (Å²) < 4.78 is 5.67. The molecule has 1 aliphatic rings. The zero-order valence-electron chi connectivity index (χ0n) is 20.9. The number of ether oxygens (including phenoxy) is 1. The van der Waals surface area contributed by atoms with Crippen molar-refractivity contribution in [3.05, 3.63) is 65.2 Å². The number of unbranched alkanes of at least 4 members (excludes halogenated alkanes) is 4. The minimum Gasteiger partial charge on any atom is -0.426 e. The Labute approximate surface area is 206 Å². The monoisotopic (exact) mass is 454 g/mol. The molecule has 0 bridgehead atoms. The maximum Gasteiger partial charge on any atom is 0.314 e. The third-order valence-corrected chi connectivity index (χ3v) is 6.56. The van der Waals surface area contributed by atoms with Crippen molar-refractivity contribution in [3.8, 4) is 29.4 Å². The first kappa shape index (κ1) is 25.6. The van der Waals surface area contributed by atoms with Crippen LogP contribution in [0, 0.1) is 35.5 Å². The van der Waals surface area contributed by atoms with Gasteiger partial charge < -0.3 is 4.74 Å². The number of carbonyl (C=O) groups is 1. The van der Waals surface area contributed by atoms with Crippen LogP contribution in [0.4, 0.5) is 0 Å². The highest BCUT2D eigenvalue weighted by Crippen LogP contribution is 2.33. The molecule has 3 rings (SSSR count). The van der Waals surface area contributed by atoms with Crippen molar-refractivity contribution in [1.29, 1.82) is 0 Å². The Morgan fingerprint density at radius 3 is 1.94 bits per heavy atom. The molecule has 2 aromatic rings. The first-order chi connectivity index (χ1) is 16.7. The predicted octanol–water partition coefficient (Wildman–Crippen LogP) is 7.92. The van der Waals surface area contributed by atoms with Crippen LogP contribution in [-0.4, -0.2) is 5.97 Å². The molecule has 0 heterocycles. The number of rotatable bonds is 8. The first-order valence-corrected chi connectivity index (χ1v) is 13.1. The molecule has 178 valence electrons. The third-order valence-electron chi connectivity index (χ3n) is 6.56. The van der Waals surface area contributed by atoms with E-state index in [9.17, 15) is 4.79 Å². The van der Waals surface area contributed by atoms with Gasteiger partial charge in [-0.05, 0) is 86.6 Å². The highest BCUT2D eigenvalue weighted by Gasteiger charge is 2.27. The molecule has 2 heteroatoms. The van der Waals surface area contributed by atoms with E-state index in [0.29, 0.717) is 5.75 Å². The second-order valence-electron chi connectivity index (χ2n) is 9.39. The Morgan fingerprint density at radius 2 is 1.35 bits per heavy atom. The van der Waals surface area contributed by atoms with Gasteiger partial charge in [-0.2, -0.15) is 0 Å². The second-order valence-corrected chi connectivity index (χ2v) is 9.39. The van der Waals surface area contributed by atoms with E-state index in [1.54, 1.807) is 0 Å². The summed E-state index contributed by atoms with van der Waals surface area (Å²) in [4.78, 5) is 12.6. The summed E-state index contributed by atoms with van der Waals surface area (Å²) in [7, 11) is 0. The van der Waals surface area contributed by atoms with Gasteiger partial charge in [0, 0.05) is 23.1 Å². The average molecular weight is 455 g/mol. The largest absolute Gasteiger partial charge is 0.426 e. The van der Waals surface area contributed by atoms with E-state index < -0.39 is 0 Å². The molecule has 0 radical (unpaired) electrons. The fraction of sp³-hybridized carbons (Fsp3) is 0.469. The number of hydrogen-bond acceptors (Lipinski definition) is 2. The maximum atomic E-state index is 12.6. The van der Waals surface area contributed by atoms with Crippen molar-refractivity contribution in [2.45, 2.75) is 84.5 Å². The fourth-order valence-corrected chi connectivity index (χ4v) is 4.42. The number of esters is 1. The van der Waals surface area contributed by atoms with Crippen LogP contribution in [-0.2, 0) is 4.79 Å². The van der Waals surface area contributed by atoms with E-state index in [1.165, 1.54) is 32.1 Å². The van der Waals surface area contributed by atoms with Crippen molar-refractivity contribution < 1.29 is 9.53 Å². The normalized spacial score (nSPS) is 17.1. The Morgan fingerprint density at radius 1 is 0.765 bits per heavy atom. The Bertz CT molecular complexity index is 1000. The van der Waals surface area contributed by atoms with Crippen LogP contribution < -0.4 is 4.74 Å². The van der Waals surface area contributed by atoms with Crippen LogP contribution >= 0.6 is 0 Å². The molecule has 0 spiro atoms. The van der Waals surface area contributed by atoms with E-state index in [4.69, 9.17) is 4.74 Å². The summed E-state index contributed by atoms with van der Waals surface area (Å²) in [6.07, 6.45) is 12.9. The fourth-order valence-electron chi connectivity index (χ4n) is 4.42. The summed E-state index contributed by atoms with van der Waals surface area (Å²) in [5.41, 5.74) is 2.87. The topological polar surface area (TPSA) is 26.3 Å². The minimum atomic E-state index is -0.0783. The number of benzene rings is 2. The van der Waals surface area contributed by atoms with Gasteiger partial charge in [-0.3, -0.25) is 4.79 Å². The lowest BCUT2D eigenvalue weighted by Gasteiger charge is -2.27. The second kappa shape index (κ2) is 14.3.